The molecule has 0 unspecified atom stereocenters. The highest BCUT2D eigenvalue weighted by atomic mass is 19.1. The highest BCUT2D eigenvalue weighted by Gasteiger charge is 2.04. The maximum Gasteiger partial charge on any atom is 0.123 e. The minimum atomic E-state index is -0.240. The number of H-pyrrole nitrogens is 1. The Morgan fingerprint density at radius 1 is 0.900 bits per heavy atom. The summed E-state index contributed by atoms with van der Waals surface area (Å²) in [6.45, 7) is 4.07. The molecule has 0 saturated carbocycles. The zero-order valence-corrected chi connectivity index (χ0v) is 10.8. The van der Waals surface area contributed by atoms with Crippen molar-refractivity contribution in [2.24, 2.45) is 0 Å². The van der Waals surface area contributed by atoms with Gasteiger partial charge in [0.1, 0.15) is 5.82 Å². The van der Waals surface area contributed by atoms with E-state index in [-0.39, 0.29) is 5.82 Å². The van der Waals surface area contributed by atoms with Crippen molar-refractivity contribution in [3.05, 3.63) is 84.3 Å². The minimum Gasteiger partial charge on any atom is -0.278 e. The van der Waals surface area contributed by atoms with Crippen molar-refractivity contribution in [2.45, 2.75) is 0 Å². The van der Waals surface area contributed by atoms with Crippen LogP contribution in [0.4, 0.5) is 4.39 Å². The van der Waals surface area contributed by atoms with Gasteiger partial charge in [0.25, 0.3) is 0 Å². The summed E-state index contributed by atoms with van der Waals surface area (Å²) in [5, 5.41) is 6.86. The number of benzene rings is 2. The standard InChI is InChI=1S/C17H13FN2/c1-12(14-6-8-16(18)9-7-14)13-2-4-15(5-3-13)17-10-11-19-20-17/h2-11H,1H2,(H,19,20). The lowest BCUT2D eigenvalue weighted by Crippen LogP contribution is -1.87. The van der Waals surface area contributed by atoms with Gasteiger partial charge in [0, 0.05) is 6.20 Å². The average Bonchev–Trinajstić information content (AvgIpc) is 3.02. The van der Waals surface area contributed by atoms with Crippen molar-refractivity contribution in [3.8, 4) is 11.3 Å². The van der Waals surface area contributed by atoms with Crippen LogP contribution in [0.25, 0.3) is 16.8 Å². The molecule has 0 fully saturated rings. The normalized spacial score (nSPS) is 10.4. The molecule has 1 aromatic heterocycles. The first-order valence-corrected chi connectivity index (χ1v) is 6.29. The highest BCUT2D eigenvalue weighted by molar-refractivity contribution is 5.79. The summed E-state index contributed by atoms with van der Waals surface area (Å²) in [6.07, 6.45) is 1.72. The fourth-order valence-corrected chi connectivity index (χ4v) is 2.09. The van der Waals surface area contributed by atoms with Crippen LogP contribution in [0.2, 0.25) is 0 Å². The first-order valence-electron chi connectivity index (χ1n) is 6.29. The van der Waals surface area contributed by atoms with Crippen LogP contribution in [-0.2, 0) is 0 Å². The second-order valence-electron chi connectivity index (χ2n) is 4.53. The monoisotopic (exact) mass is 264 g/mol. The van der Waals surface area contributed by atoms with E-state index in [1.165, 1.54) is 12.1 Å². The lowest BCUT2D eigenvalue weighted by Gasteiger charge is -2.07. The maximum atomic E-state index is 12.9. The Balaban J connectivity index is 1.87. The van der Waals surface area contributed by atoms with E-state index in [9.17, 15) is 4.39 Å². The van der Waals surface area contributed by atoms with Gasteiger partial charge in [-0.05, 0) is 40.5 Å². The van der Waals surface area contributed by atoms with Crippen molar-refractivity contribution >= 4 is 5.57 Å². The fraction of sp³-hybridized carbons (Fsp3) is 0. The third-order valence-corrected chi connectivity index (χ3v) is 3.24. The third-order valence-electron chi connectivity index (χ3n) is 3.24. The summed E-state index contributed by atoms with van der Waals surface area (Å²) in [5.74, 6) is -0.240. The van der Waals surface area contributed by atoms with E-state index in [4.69, 9.17) is 0 Å². The SMILES string of the molecule is C=C(c1ccc(F)cc1)c1ccc(-c2ccn[nH]2)cc1. The van der Waals surface area contributed by atoms with E-state index in [1.807, 2.05) is 30.3 Å². The number of nitrogens with zero attached hydrogens (tertiary/aromatic N) is 1. The van der Waals surface area contributed by atoms with Crippen LogP contribution in [0.5, 0.6) is 0 Å². The molecule has 0 amide bonds. The Bertz CT molecular complexity index is 711. The van der Waals surface area contributed by atoms with Crippen molar-refractivity contribution in [2.75, 3.05) is 0 Å². The van der Waals surface area contributed by atoms with Crippen molar-refractivity contribution in [3.63, 3.8) is 0 Å². The van der Waals surface area contributed by atoms with Gasteiger partial charge in [-0.1, -0.05) is 43.0 Å². The van der Waals surface area contributed by atoms with Gasteiger partial charge in [-0.15, -0.1) is 0 Å². The summed E-state index contributed by atoms with van der Waals surface area (Å²) < 4.78 is 12.9. The molecule has 0 radical (unpaired) electrons. The largest absolute Gasteiger partial charge is 0.278 e. The Kier molecular flexibility index (Phi) is 3.17. The molecule has 1 N–H and O–H groups in total. The van der Waals surface area contributed by atoms with Gasteiger partial charge in [0.15, 0.2) is 0 Å². The van der Waals surface area contributed by atoms with Crippen LogP contribution in [0, 0.1) is 5.82 Å². The smallest absolute Gasteiger partial charge is 0.123 e. The van der Waals surface area contributed by atoms with Crippen LogP contribution < -0.4 is 0 Å². The predicted octanol–water partition coefficient (Wildman–Crippen LogP) is 4.28. The van der Waals surface area contributed by atoms with Gasteiger partial charge in [-0.2, -0.15) is 5.10 Å². The third kappa shape index (κ3) is 2.38. The van der Waals surface area contributed by atoms with Gasteiger partial charge in [-0.3, -0.25) is 5.10 Å². The van der Waals surface area contributed by atoms with E-state index in [0.717, 1.165) is 28.0 Å². The number of halogens is 1. The summed E-state index contributed by atoms with van der Waals surface area (Å²) in [6, 6.07) is 16.3. The summed E-state index contributed by atoms with van der Waals surface area (Å²) in [4.78, 5) is 0. The number of aromatic nitrogens is 2. The molecule has 0 saturated heterocycles. The van der Waals surface area contributed by atoms with E-state index >= 15 is 0 Å². The van der Waals surface area contributed by atoms with E-state index in [0.29, 0.717) is 0 Å². The van der Waals surface area contributed by atoms with Gasteiger partial charge in [-0.25, -0.2) is 4.39 Å². The van der Waals surface area contributed by atoms with Crippen molar-refractivity contribution in [1.29, 1.82) is 0 Å². The molecule has 0 aliphatic heterocycles. The van der Waals surface area contributed by atoms with Crippen molar-refractivity contribution < 1.29 is 4.39 Å². The Morgan fingerprint density at radius 2 is 1.50 bits per heavy atom. The molecule has 0 spiro atoms. The molecule has 20 heavy (non-hydrogen) atoms. The molecular weight excluding hydrogens is 251 g/mol. The molecular formula is C17H13FN2. The summed E-state index contributed by atoms with van der Waals surface area (Å²) in [5.41, 5.74) is 4.85. The van der Waals surface area contributed by atoms with Gasteiger partial charge >= 0.3 is 0 Å². The number of hydrogen-bond donors (Lipinski definition) is 1. The zero-order valence-electron chi connectivity index (χ0n) is 10.8. The first-order chi connectivity index (χ1) is 9.74. The van der Waals surface area contributed by atoms with Crippen LogP contribution in [-0.4, -0.2) is 10.2 Å². The van der Waals surface area contributed by atoms with Gasteiger partial charge in [0.05, 0.1) is 5.69 Å². The second kappa shape index (κ2) is 5.13. The maximum absolute atomic E-state index is 12.9. The Morgan fingerprint density at radius 3 is 2.05 bits per heavy atom. The molecule has 98 valence electrons. The Labute approximate surface area is 116 Å². The zero-order chi connectivity index (χ0) is 13.9. The molecule has 1 heterocycles. The van der Waals surface area contributed by atoms with Crippen LogP contribution in [0.1, 0.15) is 11.1 Å². The number of aromatic amines is 1. The van der Waals surface area contributed by atoms with Crippen LogP contribution in [0.15, 0.2) is 67.4 Å². The summed E-state index contributed by atoms with van der Waals surface area (Å²) in [7, 11) is 0. The van der Waals surface area contributed by atoms with Crippen LogP contribution in [0.3, 0.4) is 0 Å². The topological polar surface area (TPSA) is 28.7 Å². The minimum absolute atomic E-state index is 0.240. The Hall–Kier alpha value is -2.68. The summed E-state index contributed by atoms with van der Waals surface area (Å²) >= 11 is 0. The molecule has 0 atom stereocenters. The lowest BCUT2D eigenvalue weighted by atomic mass is 9.98. The molecule has 3 rings (SSSR count). The first kappa shape index (κ1) is 12.4. The molecule has 3 heteroatoms. The fourth-order valence-electron chi connectivity index (χ4n) is 2.09. The number of hydrogen-bond acceptors (Lipinski definition) is 1. The van der Waals surface area contributed by atoms with E-state index < -0.39 is 0 Å². The van der Waals surface area contributed by atoms with Crippen molar-refractivity contribution in [1.82, 2.24) is 10.2 Å². The molecule has 0 aliphatic carbocycles. The number of nitrogens with one attached hydrogen (secondary N) is 1. The number of rotatable bonds is 3. The quantitative estimate of drug-likeness (QED) is 0.751. The highest BCUT2D eigenvalue weighted by Crippen LogP contribution is 2.24. The lowest BCUT2D eigenvalue weighted by molar-refractivity contribution is 0.627. The molecule has 0 aliphatic rings. The molecule has 2 nitrogen and oxygen atoms in total. The predicted molar refractivity (Wildman–Crippen MR) is 78.6 cm³/mol. The molecule has 0 bridgehead atoms. The van der Waals surface area contributed by atoms with E-state index in [1.54, 1.807) is 18.3 Å². The average molecular weight is 264 g/mol. The molecule has 3 aromatic rings. The van der Waals surface area contributed by atoms with Crippen LogP contribution >= 0.6 is 0 Å². The second-order valence-corrected chi connectivity index (χ2v) is 4.53. The van der Waals surface area contributed by atoms with E-state index in [2.05, 4.69) is 16.8 Å². The van der Waals surface area contributed by atoms with Gasteiger partial charge in [0.2, 0.25) is 0 Å². The molecule has 2 aromatic carbocycles. The van der Waals surface area contributed by atoms with Gasteiger partial charge < -0.3 is 0 Å².